The first-order chi connectivity index (χ1) is 14.4. The Morgan fingerprint density at radius 1 is 1.40 bits per heavy atom. The number of ether oxygens (including phenoxy) is 1. The maximum absolute atomic E-state index is 14.7. The van der Waals surface area contributed by atoms with E-state index in [1.165, 1.54) is 18.1 Å². The van der Waals surface area contributed by atoms with Gasteiger partial charge in [0.15, 0.2) is 23.5 Å². The Kier molecular flexibility index (Phi) is 4.02. The van der Waals surface area contributed by atoms with E-state index >= 15 is 0 Å². The number of aliphatic hydroxyl groups excluding tert-OH is 1. The number of fused-ring (bicyclic) bond motifs is 2. The number of hydrogen-bond acceptors (Lipinski definition) is 7. The number of nitrogens with one attached hydrogen (secondary N) is 2. The summed E-state index contributed by atoms with van der Waals surface area (Å²) in [6.07, 6.45) is 0.214. The average Bonchev–Trinajstić information content (AvgIpc) is 3.37. The molecule has 0 aliphatic carbocycles. The fourth-order valence-corrected chi connectivity index (χ4v) is 4.01. The van der Waals surface area contributed by atoms with Gasteiger partial charge in [-0.2, -0.15) is 0 Å². The normalized spacial score (nSPS) is 23.2. The van der Waals surface area contributed by atoms with Gasteiger partial charge >= 0.3 is 0 Å². The molecule has 2 unspecified atom stereocenters. The van der Waals surface area contributed by atoms with Crippen LogP contribution in [-0.2, 0) is 16.9 Å². The number of furan rings is 1. The van der Waals surface area contributed by atoms with Gasteiger partial charge in [-0.25, -0.2) is 9.37 Å². The van der Waals surface area contributed by atoms with Crippen LogP contribution < -0.4 is 15.4 Å². The van der Waals surface area contributed by atoms with Crippen LogP contribution >= 0.6 is 0 Å². The molecule has 3 aromatic rings. The third-order valence-electron chi connectivity index (χ3n) is 5.46. The second-order valence-corrected chi connectivity index (χ2v) is 7.21. The van der Waals surface area contributed by atoms with E-state index < -0.39 is 29.5 Å². The van der Waals surface area contributed by atoms with E-state index in [2.05, 4.69) is 15.6 Å². The molecule has 4 heterocycles. The van der Waals surface area contributed by atoms with E-state index in [1.54, 1.807) is 30.5 Å². The van der Waals surface area contributed by atoms with E-state index in [-0.39, 0.29) is 30.2 Å². The molecule has 1 fully saturated rings. The van der Waals surface area contributed by atoms with E-state index in [1.807, 2.05) is 0 Å². The van der Waals surface area contributed by atoms with Gasteiger partial charge in [0, 0.05) is 18.1 Å². The molecule has 10 heteroatoms. The summed E-state index contributed by atoms with van der Waals surface area (Å²) < 4.78 is 25.4. The highest BCUT2D eigenvalue weighted by Crippen LogP contribution is 2.36. The van der Waals surface area contributed by atoms with Crippen molar-refractivity contribution >= 4 is 22.9 Å². The third-order valence-corrected chi connectivity index (χ3v) is 5.46. The molecular formula is C20H17FN4O5. The zero-order chi connectivity index (χ0) is 21.0. The lowest BCUT2D eigenvalue weighted by Crippen LogP contribution is -2.53. The Hall–Kier alpha value is -3.50. The topological polar surface area (TPSA) is 117 Å². The number of aliphatic hydroxyl groups is 1. The summed E-state index contributed by atoms with van der Waals surface area (Å²) in [5.41, 5.74) is -0.860. The molecule has 0 bridgehead atoms. The van der Waals surface area contributed by atoms with Gasteiger partial charge in [0.05, 0.1) is 19.2 Å². The largest absolute Gasteiger partial charge is 0.494 e. The smallest absolute Gasteiger partial charge is 0.257 e. The summed E-state index contributed by atoms with van der Waals surface area (Å²) in [6, 6.07) is 8.19. The first-order valence-corrected chi connectivity index (χ1v) is 9.19. The first-order valence-electron chi connectivity index (χ1n) is 9.19. The molecule has 2 amide bonds. The Bertz CT molecular complexity index is 1160. The number of aromatic nitrogens is 1. The zero-order valence-electron chi connectivity index (χ0n) is 15.8. The highest BCUT2D eigenvalue weighted by molar-refractivity contribution is 6.00. The molecule has 0 saturated carbocycles. The molecule has 2 atom stereocenters. The van der Waals surface area contributed by atoms with Crippen LogP contribution in [0.15, 0.2) is 40.9 Å². The highest BCUT2D eigenvalue weighted by atomic mass is 19.1. The molecule has 30 heavy (non-hydrogen) atoms. The maximum Gasteiger partial charge on any atom is 0.257 e. The number of carbonyl (C=O) groups is 2. The number of benzene rings is 1. The monoisotopic (exact) mass is 412 g/mol. The van der Waals surface area contributed by atoms with Gasteiger partial charge in [-0.15, -0.1) is 0 Å². The van der Waals surface area contributed by atoms with E-state index in [0.717, 1.165) is 0 Å². The molecule has 3 N–H and O–H groups in total. The highest BCUT2D eigenvalue weighted by Gasteiger charge is 2.53. The molecule has 2 aromatic heterocycles. The molecule has 5 rings (SSSR count). The molecule has 1 saturated heterocycles. The molecule has 9 nitrogen and oxygen atoms in total. The maximum atomic E-state index is 14.7. The van der Waals surface area contributed by atoms with Gasteiger partial charge in [-0.3, -0.25) is 14.9 Å². The fraction of sp³-hybridized carbons (Fsp3) is 0.250. The Balaban J connectivity index is 1.55. The van der Waals surface area contributed by atoms with Crippen LogP contribution in [0.5, 0.6) is 5.75 Å². The number of pyridine rings is 1. The number of carbonyl (C=O) groups excluding carboxylic acids is 2. The Labute approximate surface area is 169 Å². The lowest BCUT2D eigenvalue weighted by molar-refractivity contribution is -0.125. The molecule has 2 aliphatic rings. The summed E-state index contributed by atoms with van der Waals surface area (Å²) in [5, 5.41) is 15.8. The van der Waals surface area contributed by atoms with Gasteiger partial charge < -0.3 is 24.5 Å². The van der Waals surface area contributed by atoms with Crippen molar-refractivity contribution in [3.63, 3.8) is 0 Å². The summed E-state index contributed by atoms with van der Waals surface area (Å²) in [6.45, 7) is -0.0919. The lowest BCUT2D eigenvalue weighted by Gasteiger charge is -2.29. The summed E-state index contributed by atoms with van der Waals surface area (Å²) >= 11 is 0. The average molecular weight is 412 g/mol. The van der Waals surface area contributed by atoms with Crippen molar-refractivity contribution in [1.29, 1.82) is 0 Å². The minimum Gasteiger partial charge on any atom is -0.494 e. The van der Waals surface area contributed by atoms with Crippen molar-refractivity contribution in [2.75, 3.05) is 13.7 Å². The number of hydrogen-bond donors (Lipinski definition) is 3. The van der Waals surface area contributed by atoms with Gasteiger partial charge in [0.2, 0.25) is 5.71 Å². The van der Waals surface area contributed by atoms with Gasteiger partial charge in [0.1, 0.15) is 5.76 Å². The number of rotatable bonds is 4. The molecule has 2 aliphatic heterocycles. The Morgan fingerprint density at radius 3 is 2.93 bits per heavy atom. The predicted molar refractivity (Wildman–Crippen MR) is 101 cm³/mol. The second-order valence-electron chi connectivity index (χ2n) is 7.21. The van der Waals surface area contributed by atoms with Crippen LogP contribution in [0.4, 0.5) is 4.39 Å². The van der Waals surface area contributed by atoms with Gasteiger partial charge in [0.25, 0.3) is 11.8 Å². The predicted octanol–water partition coefficient (Wildman–Crippen LogP) is 0.822. The van der Waals surface area contributed by atoms with Crippen LogP contribution in [0.1, 0.15) is 21.7 Å². The van der Waals surface area contributed by atoms with Gasteiger partial charge in [-0.05, 0) is 29.8 Å². The summed E-state index contributed by atoms with van der Waals surface area (Å²) in [4.78, 5) is 31.3. The summed E-state index contributed by atoms with van der Waals surface area (Å²) in [5.74, 6) is -1.74. The fourth-order valence-electron chi connectivity index (χ4n) is 4.01. The lowest BCUT2D eigenvalue weighted by atomic mass is 9.95. The van der Waals surface area contributed by atoms with E-state index in [9.17, 15) is 19.1 Å². The molecule has 0 radical (unpaired) electrons. The van der Waals surface area contributed by atoms with Crippen molar-refractivity contribution in [2.45, 2.75) is 18.4 Å². The third kappa shape index (κ3) is 2.57. The van der Waals surface area contributed by atoms with Crippen LogP contribution in [0, 0.1) is 5.82 Å². The summed E-state index contributed by atoms with van der Waals surface area (Å²) in [7, 11) is 1.32. The van der Waals surface area contributed by atoms with Crippen molar-refractivity contribution in [2.24, 2.45) is 0 Å². The first kappa shape index (κ1) is 18.5. The van der Waals surface area contributed by atoms with Crippen molar-refractivity contribution in [3.05, 3.63) is 59.2 Å². The van der Waals surface area contributed by atoms with E-state index in [0.29, 0.717) is 16.7 Å². The number of methoxy groups -OCH3 is 1. The van der Waals surface area contributed by atoms with Crippen molar-refractivity contribution < 1.29 is 28.2 Å². The van der Waals surface area contributed by atoms with Crippen LogP contribution in [-0.4, -0.2) is 46.8 Å². The molecular weight excluding hydrogens is 395 g/mol. The van der Waals surface area contributed by atoms with Gasteiger partial charge in [-0.1, -0.05) is 6.07 Å². The molecule has 154 valence electrons. The van der Waals surface area contributed by atoms with Crippen LogP contribution in [0.3, 0.4) is 0 Å². The van der Waals surface area contributed by atoms with Crippen LogP contribution in [0.2, 0.25) is 0 Å². The Morgan fingerprint density at radius 2 is 2.23 bits per heavy atom. The zero-order valence-corrected chi connectivity index (χ0v) is 15.8. The quantitative estimate of drug-likeness (QED) is 0.581. The second kappa shape index (κ2) is 6.51. The minimum atomic E-state index is -1.57. The standard InChI is InChI=1S/C20H17FN4O5/c1-29-12-5-4-11-8-25(17(26)14(11)15(12)21)9-20(18(27)23-19(28)24-20)13-7-10-3-2-6-22-16(10)30-13/h2-7,19,24,28H,8-9H2,1H3,(H,23,27). The number of halogens is 1. The number of nitrogens with zero attached hydrogens (tertiary/aromatic N) is 2. The van der Waals surface area contributed by atoms with Crippen molar-refractivity contribution in [1.82, 2.24) is 20.5 Å². The SMILES string of the molecule is COc1ccc2c(c1F)C(=O)N(CC1(c3cc4cccnc4o3)NC(O)NC1=O)C2. The van der Waals surface area contributed by atoms with E-state index in [4.69, 9.17) is 9.15 Å². The molecule has 1 aromatic carbocycles. The number of amides is 2. The van der Waals surface area contributed by atoms with Crippen LogP contribution in [0.25, 0.3) is 11.1 Å². The van der Waals surface area contributed by atoms with Crippen molar-refractivity contribution in [3.8, 4) is 5.75 Å². The molecule has 0 spiro atoms. The minimum absolute atomic E-state index is 0.0332.